The second-order valence-electron chi connectivity index (χ2n) is 13.4. The van der Waals surface area contributed by atoms with Gasteiger partial charge in [-0.3, -0.25) is 0 Å². The molecule has 0 saturated heterocycles. The highest BCUT2D eigenvalue weighted by Gasteiger charge is 2.15. The molecule has 0 saturated carbocycles. The molecular formula is C52H37N. The molecule has 0 aliphatic heterocycles. The molecule has 0 spiro atoms. The molecule has 0 aliphatic rings. The molecule has 0 heterocycles. The molecular weight excluding hydrogens is 639 g/mol. The van der Waals surface area contributed by atoms with Gasteiger partial charge >= 0.3 is 0 Å². The van der Waals surface area contributed by atoms with Crippen LogP contribution in [0.5, 0.6) is 0 Å². The maximum atomic E-state index is 2.34. The van der Waals surface area contributed by atoms with E-state index in [0.717, 1.165) is 17.1 Å². The Hall–Kier alpha value is -6.96. The molecule has 0 aromatic heterocycles. The van der Waals surface area contributed by atoms with Gasteiger partial charge < -0.3 is 4.90 Å². The Bertz CT molecular complexity index is 2610. The molecule has 53 heavy (non-hydrogen) atoms. The quantitative estimate of drug-likeness (QED) is 0.155. The summed E-state index contributed by atoms with van der Waals surface area (Å²) in [5.41, 5.74) is 15.4. The SMILES string of the molecule is c1ccc(-c2ccc(N(c3ccc(-c4ccc(-c5ccccc5)c(-c5ccccc5)c4)cc3)c3ccc(-c4ccc5ccccc5c4)cc3)cc2)cc1. The average molecular weight is 676 g/mol. The number of hydrogen-bond acceptors (Lipinski definition) is 1. The first-order valence-electron chi connectivity index (χ1n) is 18.2. The van der Waals surface area contributed by atoms with Crippen molar-refractivity contribution in [2.75, 3.05) is 4.90 Å². The Balaban J connectivity index is 1.09. The minimum absolute atomic E-state index is 1.10. The molecule has 0 radical (unpaired) electrons. The lowest BCUT2D eigenvalue weighted by Gasteiger charge is -2.26. The highest BCUT2D eigenvalue weighted by Crippen LogP contribution is 2.40. The smallest absolute Gasteiger partial charge is 0.0462 e. The fourth-order valence-electron chi connectivity index (χ4n) is 7.31. The molecule has 9 aromatic rings. The van der Waals surface area contributed by atoms with Crippen LogP contribution in [0.25, 0.3) is 66.4 Å². The summed E-state index contributed by atoms with van der Waals surface area (Å²) in [5, 5.41) is 2.50. The average Bonchev–Trinajstić information content (AvgIpc) is 3.25. The van der Waals surface area contributed by atoms with E-state index in [1.54, 1.807) is 0 Å². The Morgan fingerprint density at radius 1 is 0.208 bits per heavy atom. The monoisotopic (exact) mass is 675 g/mol. The minimum Gasteiger partial charge on any atom is -0.311 e. The lowest BCUT2D eigenvalue weighted by Crippen LogP contribution is -2.09. The van der Waals surface area contributed by atoms with Gasteiger partial charge in [-0.15, -0.1) is 0 Å². The number of benzene rings is 9. The molecule has 0 bridgehead atoms. The van der Waals surface area contributed by atoms with Gasteiger partial charge in [-0.1, -0.05) is 176 Å². The van der Waals surface area contributed by atoms with Crippen LogP contribution in [0.15, 0.2) is 224 Å². The number of hydrogen-bond donors (Lipinski definition) is 0. The molecule has 9 rings (SSSR count). The van der Waals surface area contributed by atoms with Gasteiger partial charge in [0.15, 0.2) is 0 Å². The fraction of sp³-hybridized carbons (Fsp3) is 0. The number of nitrogens with zero attached hydrogens (tertiary/aromatic N) is 1. The van der Waals surface area contributed by atoms with Crippen LogP contribution in [-0.4, -0.2) is 0 Å². The van der Waals surface area contributed by atoms with Crippen molar-refractivity contribution >= 4 is 27.8 Å². The molecule has 0 aliphatic carbocycles. The standard InChI is InChI=1S/C52H37N/c1-4-12-38(13-5-1)40-22-29-48(30-23-40)53(49-31-24-41(25-32-49)46-21-20-39-14-10-11-19-45(39)36-46)50-33-26-42(27-34-50)47-28-35-51(43-15-6-2-7-16-43)52(37-47)44-17-8-3-9-18-44/h1-37H. The Kier molecular flexibility index (Phi) is 8.66. The van der Waals surface area contributed by atoms with Gasteiger partial charge in [-0.05, 0) is 115 Å². The third kappa shape index (κ3) is 6.65. The first-order valence-corrected chi connectivity index (χ1v) is 18.2. The van der Waals surface area contributed by atoms with Crippen molar-refractivity contribution < 1.29 is 0 Å². The van der Waals surface area contributed by atoms with Gasteiger partial charge in [0.05, 0.1) is 0 Å². The molecule has 1 heteroatoms. The van der Waals surface area contributed by atoms with Crippen molar-refractivity contribution in [3.8, 4) is 55.6 Å². The highest BCUT2D eigenvalue weighted by molar-refractivity contribution is 5.89. The van der Waals surface area contributed by atoms with Crippen molar-refractivity contribution in [1.82, 2.24) is 0 Å². The van der Waals surface area contributed by atoms with E-state index in [1.165, 1.54) is 66.4 Å². The number of anilines is 3. The van der Waals surface area contributed by atoms with Crippen molar-refractivity contribution in [3.63, 3.8) is 0 Å². The predicted octanol–water partition coefficient (Wildman–Crippen LogP) is 14.6. The summed E-state index contributed by atoms with van der Waals surface area (Å²) >= 11 is 0. The van der Waals surface area contributed by atoms with Crippen LogP contribution in [0.2, 0.25) is 0 Å². The first-order chi connectivity index (χ1) is 26.3. The Labute approximate surface area is 311 Å². The topological polar surface area (TPSA) is 3.24 Å². The van der Waals surface area contributed by atoms with Crippen LogP contribution in [0.3, 0.4) is 0 Å². The largest absolute Gasteiger partial charge is 0.311 e. The summed E-state index contributed by atoms with van der Waals surface area (Å²) in [4.78, 5) is 2.34. The summed E-state index contributed by atoms with van der Waals surface area (Å²) in [6.45, 7) is 0. The molecule has 0 atom stereocenters. The molecule has 0 N–H and O–H groups in total. The van der Waals surface area contributed by atoms with Gasteiger partial charge in [0.1, 0.15) is 0 Å². The molecule has 9 aromatic carbocycles. The van der Waals surface area contributed by atoms with Crippen LogP contribution in [-0.2, 0) is 0 Å². The Morgan fingerprint density at radius 2 is 0.566 bits per heavy atom. The maximum absolute atomic E-state index is 2.34. The molecule has 0 unspecified atom stereocenters. The van der Waals surface area contributed by atoms with E-state index in [4.69, 9.17) is 0 Å². The third-order valence-electron chi connectivity index (χ3n) is 10.1. The third-order valence-corrected chi connectivity index (χ3v) is 10.1. The van der Waals surface area contributed by atoms with Gasteiger partial charge in [0, 0.05) is 17.1 Å². The lowest BCUT2D eigenvalue weighted by atomic mass is 9.91. The highest BCUT2D eigenvalue weighted by atomic mass is 15.1. The molecule has 250 valence electrons. The van der Waals surface area contributed by atoms with Crippen LogP contribution in [0.1, 0.15) is 0 Å². The van der Waals surface area contributed by atoms with E-state index in [0.29, 0.717) is 0 Å². The second-order valence-corrected chi connectivity index (χ2v) is 13.4. The summed E-state index contributed by atoms with van der Waals surface area (Å²) in [5.74, 6) is 0. The van der Waals surface area contributed by atoms with E-state index in [-0.39, 0.29) is 0 Å². The van der Waals surface area contributed by atoms with Crippen LogP contribution >= 0.6 is 0 Å². The zero-order chi connectivity index (χ0) is 35.4. The molecule has 0 amide bonds. The summed E-state index contributed by atoms with van der Waals surface area (Å²) < 4.78 is 0. The maximum Gasteiger partial charge on any atom is 0.0462 e. The van der Waals surface area contributed by atoms with Crippen molar-refractivity contribution in [2.45, 2.75) is 0 Å². The van der Waals surface area contributed by atoms with Crippen molar-refractivity contribution in [2.24, 2.45) is 0 Å². The summed E-state index contributed by atoms with van der Waals surface area (Å²) in [7, 11) is 0. The van der Waals surface area contributed by atoms with Gasteiger partial charge in [0.25, 0.3) is 0 Å². The van der Waals surface area contributed by atoms with E-state index in [2.05, 4.69) is 229 Å². The Morgan fingerprint density at radius 3 is 1.09 bits per heavy atom. The predicted molar refractivity (Wildman–Crippen MR) is 226 cm³/mol. The van der Waals surface area contributed by atoms with Gasteiger partial charge in [0.2, 0.25) is 0 Å². The minimum atomic E-state index is 1.10. The molecule has 1 nitrogen and oxygen atoms in total. The van der Waals surface area contributed by atoms with Crippen molar-refractivity contribution in [1.29, 1.82) is 0 Å². The van der Waals surface area contributed by atoms with Gasteiger partial charge in [-0.25, -0.2) is 0 Å². The lowest BCUT2D eigenvalue weighted by molar-refractivity contribution is 1.28. The normalized spacial score (nSPS) is 11.0. The van der Waals surface area contributed by atoms with E-state index < -0.39 is 0 Å². The van der Waals surface area contributed by atoms with Gasteiger partial charge in [-0.2, -0.15) is 0 Å². The van der Waals surface area contributed by atoms with Crippen LogP contribution < -0.4 is 4.90 Å². The van der Waals surface area contributed by atoms with E-state index >= 15 is 0 Å². The fourth-order valence-corrected chi connectivity index (χ4v) is 7.31. The first kappa shape index (κ1) is 32.0. The number of rotatable bonds is 8. The number of fused-ring (bicyclic) bond motifs is 1. The molecule has 0 fully saturated rings. The summed E-state index contributed by atoms with van der Waals surface area (Å²) in [6, 6.07) is 80.8. The zero-order valence-electron chi connectivity index (χ0n) is 29.3. The van der Waals surface area contributed by atoms with E-state index in [1.807, 2.05) is 0 Å². The van der Waals surface area contributed by atoms with Crippen molar-refractivity contribution in [3.05, 3.63) is 224 Å². The van der Waals surface area contributed by atoms with Crippen LogP contribution in [0, 0.1) is 0 Å². The summed E-state index contributed by atoms with van der Waals surface area (Å²) in [6.07, 6.45) is 0. The second kappa shape index (κ2) is 14.3. The van der Waals surface area contributed by atoms with E-state index in [9.17, 15) is 0 Å². The van der Waals surface area contributed by atoms with Crippen LogP contribution in [0.4, 0.5) is 17.1 Å². The zero-order valence-corrected chi connectivity index (χ0v) is 29.3.